The first-order chi connectivity index (χ1) is 10.9. The third-order valence-corrected chi connectivity index (χ3v) is 6.79. The zero-order valence-electron chi connectivity index (χ0n) is 13.8. The van der Waals surface area contributed by atoms with E-state index in [1.807, 2.05) is 6.07 Å². The maximum atomic E-state index is 6.26. The number of halogens is 1. The smallest absolute Gasteiger partial charge is 0.141 e. The van der Waals surface area contributed by atoms with E-state index in [1.165, 1.54) is 21.5 Å². The molecule has 0 fully saturated rings. The first-order valence-corrected chi connectivity index (χ1v) is 11.7. The van der Waals surface area contributed by atoms with Crippen LogP contribution in [0.5, 0.6) is 0 Å². The van der Waals surface area contributed by atoms with Gasteiger partial charge in [0.05, 0.1) is 19.1 Å². The number of rotatable bonds is 1. The van der Waals surface area contributed by atoms with Gasteiger partial charge in [0.1, 0.15) is 5.82 Å². The number of hydrogen-bond acceptors (Lipinski definition) is 1. The molecule has 0 saturated carbocycles. The highest BCUT2D eigenvalue weighted by Gasteiger charge is 2.29. The molecule has 2 heterocycles. The Balaban J connectivity index is 2.35. The number of aromatic nitrogens is 2. The Bertz CT molecular complexity index is 1030. The van der Waals surface area contributed by atoms with E-state index in [0.717, 1.165) is 21.9 Å². The molecule has 0 atom stereocenters. The van der Waals surface area contributed by atoms with Crippen LogP contribution in [0.2, 0.25) is 24.7 Å². The molecular weight excluding hydrogens is 320 g/mol. The summed E-state index contributed by atoms with van der Waals surface area (Å²) in [5, 5.41) is 4.81. The molecular formula is C19H19ClN2Si. The fourth-order valence-electron chi connectivity index (χ4n) is 3.58. The Kier molecular flexibility index (Phi) is 3.09. The Hall–Kier alpha value is -1.84. The lowest BCUT2D eigenvalue weighted by molar-refractivity contribution is 0.941. The second-order valence-corrected chi connectivity index (χ2v) is 12.6. The average molecular weight is 339 g/mol. The van der Waals surface area contributed by atoms with E-state index < -0.39 is 8.07 Å². The topological polar surface area (TPSA) is 17.8 Å². The summed E-state index contributed by atoms with van der Waals surface area (Å²) in [6.07, 6.45) is 0. The van der Waals surface area contributed by atoms with E-state index in [2.05, 4.69) is 67.7 Å². The van der Waals surface area contributed by atoms with Crippen molar-refractivity contribution < 1.29 is 0 Å². The molecule has 4 rings (SSSR count). The van der Waals surface area contributed by atoms with Crippen LogP contribution in [-0.2, 0) is 7.05 Å². The van der Waals surface area contributed by atoms with Gasteiger partial charge in [0.2, 0.25) is 0 Å². The number of pyridine rings is 1. The molecule has 2 aliphatic heterocycles. The lowest BCUT2D eigenvalue weighted by Crippen LogP contribution is -2.40. The highest BCUT2D eigenvalue weighted by atomic mass is 35.5. The minimum Gasteiger partial charge on any atom is -0.328 e. The van der Waals surface area contributed by atoms with Crippen molar-refractivity contribution >= 4 is 46.7 Å². The summed E-state index contributed by atoms with van der Waals surface area (Å²) < 4.78 is 2.18. The molecule has 0 unspecified atom stereocenters. The summed E-state index contributed by atoms with van der Waals surface area (Å²) >= 11 is 6.26. The average Bonchev–Trinajstić information content (AvgIpc) is 2.86. The summed E-state index contributed by atoms with van der Waals surface area (Å²) in [6.45, 7) is 7.20. The number of hydrogen-bond donors (Lipinski definition) is 0. The quantitative estimate of drug-likeness (QED) is 0.445. The maximum absolute atomic E-state index is 6.26. The molecule has 2 aliphatic rings. The number of benzene rings is 2. The first kappa shape index (κ1) is 14.7. The van der Waals surface area contributed by atoms with E-state index in [-0.39, 0.29) is 0 Å². The largest absolute Gasteiger partial charge is 0.328 e. The lowest BCUT2D eigenvalue weighted by Gasteiger charge is -2.25. The summed E-state index contributed by atoms with van der Waals surface area (Å²) in [6, 6.07) is 14.7. The first-order valence-electron chi connectivity index (χ1n) is 7.85. The molecule has 2 nitrogen and oxygen atoms in total. The van der Waals surface area contributed by atoms with Crippen molar-refractivity contribution in [2.24, 2.45) is 7.05 Å². The van der Waals surface area contributed by atoms with Crippen molar-refractivity contribution in [2.75, 3.05) is 0 Å². The fourth-order valence-corrected chi connectivity index (χ4v) is 5.77. The highest BCUT2D eigenvalue weighted by molar-refractivity contribution is 6.91. The fraction of sp³-hybridized carbons (Fsp3) is 0.211. The van der Waals surface area contributed by atoms with Crippen molar-refractivity contribution in [3.8, 4) is 11.4 Å². The van der Waals surface area contributed by atoms with Gasteiger partial charge < -0.3 is 4.57 Å². The van der Waals surface area contributed by atoms with Gasteiger partial charge in [-0.2, -0.15) is 0 Å². The standard InChI is InChI=1S/C19H19ClN2Si/c1-22-16-11-12(20)9-10-14(16)18(23(2,3)4)17-13-7-5-6-8-15(13)21-19(17)22/h5-11H,1-4H3. The molecule has 23 heavy (non-hydrogen) atoms. The molecule has 116 valence electrons. The van der Waals surface area contributed by atoms with Crippen molar-refractivity contribution in [3.63, 3.8) is 0 Å². The minimum atomic E-state index is -1.58. The van der Waals surface area contributed by atoms with Crippen molar-refractivity contribution in [1.82, 2.24) is 9.55 Å². The minimum absolute atomic E-state index is 0.769. The van der Waals surface area contributed by atoms with Gasteiger partial charge in [0.15, 0.2) is 0 Å². The second kappa shape index (κ2) is 4.82. The van der Waals surface area contributed by atoms with Crippen LogP contribution in [0.25, 0.3) is 33.2 Å². The summed E-state index contributed by atoms with van der Waals surface area (Å²) in [5.74, 6) is 1.05. The van der Waals surface area contributed by atoms with Gasteiger partial charge in [-0.15, -0.1) is 0 Å². The lowest BCUT2D eigenvalue weighted by atomic mass is 10.1. The molecule has 2 aromatic rings. The Morgan fingerprint density at radius 1 is 1.00 bits per heavy atom. The van der Waals surface area contributed by atoms with Gasteiger partial charge in [0, 0.05) is 23.0 Å². The molecule has 0 bridgehead atoms. The summed E-state index contributed by atoms with van der Waals surface area (Å²) in [7, 11) is 0.504. The number of fused-ring (bicyclic) bond motifs is 4. The normalized spacial score (nSPS) is 12.6. The highest BCUT2D eigenvalue weighted by Crippen LogP contribution is 2.35. The van der Waals surface area contributed by atoms with Gasteiger partial charge in [-0.1, -0.05) is 55.5 Å². The van der Waals surface area contributed by atoms with Crippen LogP contribution in [0.15, 0.2) is 42.5 Å². The third-order valence-electron chi connectivity index (χ3n) is 4.53. The molecule has 0 spiro atoms. The van der Waals surface area contributed by atoms with Gasteiger partial charge in [-0.3, -0.25) is 0 Å². The van der Waals surface area contributed by atoms with E-state index in [1.54, 1.807) is 0 Å². The summed E-state index contributed by atoms with van der Waals surface area (Å²) in [4.78, 5) is 4.91. The molecule has 0 saturated heterocycles. The van der Waals surface area contributed by atoms with Crippen LogP contribution in [0.4, 0.5) is 0 Å². The summed E-state index contributed by atoms with van der Waals surface area (Å²) in [5.41, 5.74) is 3.54. The monoisotopic (exact) mass is 338 g/mol. The molecule has 0 aliphatic carbocycles. The molecule has 0 aromatic heterocycles. The third kappa shape index (κ3) is 2.11. The molecule has 2 aromatic carbocycles. The zero-order valence-corrected chi connectivity index (χ0v) is 15.6. The number of nitrogens with zero attached hydrogens (tertiary/aromatic N) is 2. The van der Waals surface area contributed by atoms with Gasteiger partial charge in [-0.05, 0) is 28.8 Å². The Morgan fingerprint density at radius 3 is 2.48 bits per heavy atom. The van der Waals surface area contributed by atoms with Crippen LogP contribution >= 0.6 is 11.6 Å². The predicted octanol–water partition coefficient (Wildman–Crippen LogP) is 5.03. The molecule has 0 N–H and O–H groups in total. The zero-order chi connectivity index (χ0) is 16.4. The van der Waals surface area contributed by atoms with Gasteiger partial charge in [-0.25, -0.2) is 4.98 Å². The van der Waals surface area contributed by atoms with Gasteiger partial charge in [0.25, 0.3) is 0 Å². The Morgan fingerprint density at radius 2 is 1.74 bits per heavy atom. The van der Waals surface area contributed by atoms with E-state index in [4.69, 9.17) is 16.6 Å². The van der Waals surface area contributed by atoms with Crippen LogP contribution in [0.3, 0.4) is 0 Å². The maximum Gasteiger partial charge on any atom is 0.141 e. The van der Waals surface area contributed by atoms with Crippen molar-refractivity contribution in [3.05, 3.63) is 47.5 Å². The van der Waals surface area contributed by atoms with Crippen LogP contribution < -0.4 is 5.19 Å². The molecule has 0 amide bonds. The second-order valence-electron chi connectivity index (χ2n) is 7.17. The van der Waals surface area contributed by atoms with Crippen LogP contribution in [-0.4, -0.2) is 17.6 Å². The van der Waals surface area contributed by atoms with Crippen LogP contribution in [0, 0.1) is 0 Å². The van der Waals surface area contributed by atoms with E-state index in [0.29, 0.717) is 0 Å². The van der Waals surface area contributed by atoms with E-state index >= 15 is 0 Å². The number of para-hydroxylation sites is 1. The number of aryl methyl sites for hydroxylation is 1. The molecule has 4 heteroatoms. The van der Waals surface area contributed by atoms with Crippen molar-refractivity contribution in [1.29, 1.82) is 0 Å². The van der Waals surface area contributed by atoms with Gasteiger partial charge >= 0.3 is 0 Å². The molecule has 0 radical (unpaired) electrons. The van der Waals surface area contributed by atoms with E-state index in [9.17, 15) is 0 Å². The van der Waals surface area contributed by atoms with Crippen molar-refractivity contribution in [2.45, 2.75) is 19.6 Å². The predicted molar refractivity (Wildman–Crippen MR) is 103 cm³/mol. The SMILES string of the molecule is Cn1c2nc3ccccc3c-2c([Si](C)(C)C)c2ccc(Cl)cc21. The Labute approximate surface area is 142 Å². The van der Waals surface area contributed by atoms with Crippen LogP contribution in [0.1, 0.15) is 0 Å².